The summed E-state index contributed by atoms with van der Waals surface area (Å²) in [4.78, 5) is 22.1. The first-order valence-corrected chi connectivity index (χ1v) is 8.88. The Morgan fingerprint density at radius 1 is 1.03 bits per heavy atom. The Labute approximate surface area is 177 Å². The average Bonchev–Trinajstić information content (AvgIpc) is 2.68. The number of anilines is 3. The molecule has 0 unspecified atom stereocenters. The van der Waals surface area contributed by atoms with Gasteiger partial charge in [0.15, 0.2) is 5.82 Å². The summed E-state index contributed by atoms with van der Waals surface area (Å²) < 4.78 is 38.3. The fraction of sp³-hybridized carbons (Fsp3) is 0.118. The number of nitrogens with one attached hydrogen (secondary N) is 2. The van der Waals surface area contributed by atoms with E-state index in [1.807, 2.05) is 0 Å². The van der Waals surface area contributed by atoms with Crippen LogP contribution in [0.25, 0.3) is 0 Å². The number of aromatic nitrogens is 3. The van der Waals surface area contributed by atoms with Crippen LogP contribution >= 0.6 is 23.2 Å². The van der Waals surface area contributed by atoms with Crippen molar-refractivity contribution in [2.75, 3.05) is 10.6 Å². The lowest BCUT2D eigenvalue weighted by molar-refractivity contribution is -0.383. The molecule has 0 fully saturated rings. The van der Waals surface area contributed by atoms with E-state index < -0.39 is 22.4 Å². The number of benzene rings is 1. The topological polar surface area (TPSA) is 106 Å². The minimum atomic E-state index is -4.63. The molecule has 3 aromatic rings. The smallest absolute Gasteiger partial charge is 0.360 e. The van der Waals surface area contributed by atoms with E-state index in [1.165, 1.54) is 0 Å². The molecule has 0 aliphatic carbocycles. The van der Waals surface area contributed by atoms with E-state index in [2.05, 4.69) is 25.6 Å². The van der Waals surface area contributed by atoms with E-state index in [0.29, 0.717) is 17.3 Å². The Morgan fingerprint density at radius 3 is 2.30 bits per heavy atom. The lowest BCUT2D eigenvalue weighted by Crippen LogP contribution is -2.10. The number of halogens is 5. The Bertz CT molecular complexity index is 1080. The normalized spacial score (nSPS) is 11.2. The van der Waals surface area contributed by atoms with Crippen molar-refractivity contribution < 1.29 is 18.1 Å². The van der Waals surface area contributed by atoms with Gasteiger partial charge >= 0.3 is 11.9 Å². The molecular formula is C17H11Cl2F3N6O2. The number of rotatable bonds is 6. The number of nitro groups is 1. The fourth-order valence-corrected chi connectivity index (χ4v) is 2.70. The van der Waals surface area contributed by atoms with Crippen molar-refractivity contribution in [1.82, 2.24) is 15.0 Å². The molecular weight excluding hydrogens is 448 g/mol. The van der Waals surface area contributed by atoms with Crippen LogP contribution in [-0.4, -0.2) is 19.9 Å². The minimum Gasteiger partial charge on any atom is -0.360 e. The average molecular weight is 459 g/mol. The highest BCUT2D eigenvalue weighted by Crippen LogP contribution is 2.35. The highest BCUT2D eigenvalue weighted by Gasteiger charge is 2.32. The molecule has 0 amide bonds. The highest BCUT2D eigenvalue weighted by molar-refractivity contribution is 6.33. The molecule has 8 nitrogen and oxygen atoms in total. The van der Waals surface area contributed by atoms with Crippen LogP contribution in [0.2, 0.25) is 10.0 Å². The van der Waals surface area contributed by atoms with Crippen LogP contribution < -0.4 is 10.6 Å². The fourth-order valence-electron chi connectivity index (χ4n) is 2.36. The van der Waals surface area contributed by atoms with E-state index in [9.17, 15) is 23.3 Å². The van der Waals surface area contributed by atoms with Gasteiger partial charge in [-0.15, -0.1) is 0 Å². The third-order valence-electron chi connectivity index (χ3n) is 3.78. The number of alkyl halides is 3. The molecule has 2 N–H and O–H groups in total. The van der Waals surface area contributed by atoms with Crippen molar-refractivity contribution in [3.8, 4) is 0 Å². The molecule has 0 radical (unpaired) electrons. The van der Waals surface area contributed by atoms with Crippen LogP contribution in [0.15, 0.2) is 42.9 Å². The van der Waals surface area contributed by atoms with Gasteiger partial charge in [0, 0.05) is 17.8 Å². The Kier molecular flexibility index (Phi) is 6.22. The summed E-state index contributed by atoms with van der Waals surface area (Å²) in [6.07, 6.45) is -3.02. The van der Waals surface area contributed by atoms with E-state index in [1.54, 1.807) is 24.3 Å². The lowest BCUT2D eigenvalue weighted by Gasteiger charge is -2.12. The van der Waals surface area contributed by atoms with E-state index in [4.69, 9.17) is 23.2 Å². The number of nitrogens with zero attached hydrogens (tertiary/aromatic N) is 4. The predicted octanol–water partition coefficient (Wildman–Crippen LogP) is 5.46. The summed E-state index contributed by atoms with van der Waals surface area (Å²) in [6.45, 7) is 0.202. The summed E-state index contributed by atoms with van der Waals surface area (Å²) in [5, 5.41) is 17.1. The largest absolute Gasteiger partial charge is 0.417 e. The van der Waals surface area contributed by atoms with Gasteiger partial charge in [-0.05, 0) is 23.8 Å². The quantitative estimate of drug-likeness (QED) is 0.373. The first-order chi connectivity index (χ1) is 14.1. The SMILES string of the molecule is O=[N+]([O-])c1c(NCc2ccc(Cl)cc2)ncnc1Nc1ncc(C(F)(F)F)cc1Cl. The molecule has 0 atom stereocenters. The first-order valence-electron chi connectivity index (χ1n) is 8.12. The van der Waals surface area contributed by atoms with Gasteiger partial charge in [-0.1, -0.05) is 35.3 Å². The standard InChI is InChI=1S/C17H11Cl2F3N6O2/c18-11-3-1-9(2-4-11)6-23-15-13(28(29)30)16(26-8-25-15)27-14-12(19)5-10(7-24-14)17(20,21)22/h1-5,7-8H,6H2,(H2,23,24,25,26,27). The molecule has 0 aliphatic rings. The van der Waals surface area contributed by atoms with Crippen molar-refractivity contribution >= 4 is 46.3 Å². The predicted molar refractivity (Wildman–Crippen MR) is 105 cm³/mol. The monoisotopic (exact) mass is 458 g/mol. The van der Waals surface area contributed by atoms with Crippen LogP contribution in [0.1, 0.15) is 11.1 Å². The van der Waals surface area contributed by atoms with Gasteiger partial charge in [-0.25, -0.2) is 15.0 Å². The van der Waals surface area contributed by atoms with Crippen LogP contribution in [0, 0.1) is 10.1 Å². The molecule has 0 spiro atoms. The molecule has 2 aromatic heterocycles. The molecule has 13 heteroatoms. The van der Waals surface area contributed by atoms with Crippen molar-refractivity contribution in [3.63, 3.8) is 0 Å². The minimum absolute atomic E-state index is 0.101. The molecule has 0 aliphatic heterocycles. The molecule has 2 heterocycles. The van der Waals surface area contributed by atoms with Crippen LogP contribution in [-0.2, 0) is 12.7 Å². The first kappa shape index (κ1) is 21.5. The molecule has 30 heavy (non-hydrogen) atoms. The van der Waals surface area contributed by atoms with Gasteiger partial charge in [0.2, 0.25) is 11.6 Å². The summed E-state index contributed by atoms with van der Waals surface area (Å²) in [6, 6.07) is 7.45. The van der Waals surface area contributed by atoms with Crippen LogP contribution in [0.4, 0.5) is 36.3 Å². The summed E-state index contributed by atoms with van der Waals surface area (Å²) in [5.74, 6) is -0.617. The van der Waals surface area contributed by atoms with Gasteiger partial charge < -0.3 is 10.6 Å². The number of hydrogen-bond acceptors (Lipinski definition) is 7. The van der Waals surface area contributed by atoms with E-state index in [0.717, 1.165) is 11.9 Å². The maximum absolute atomic E-state index is 12.8. The van der Waals surface area contributed by atoms with Crippen LogP contribution in [0.3, 0.4) is 0 Å². The van der Waals surface area contributed by atoms with Gasteiger partial charge in [-0.3, -0.25) is 10.1 Å². The molecule has 0 saturated carbocycles. The zero-order valence-electron chi connectivity index (χ0n) is 14.7. The van der Waals surface area contributed by atoms with Crippen molar-refractivity contribution in [2.45, 2.75) is 12.7 Å². The third kappa shape index (κ3) is 5.05. The Hall–Kier alpha value is -3.18. The lowest BCUT2D eigenvalue weighted by atomic mass is 10.2. The van der Waals surface area contributed by atoms with Crippen LogP contribution in [0.5, 0.6) is 0 Å². The van der Waals surface area contributed by atoms with Gasteiger partial charge in [0.25, 0.3) is 0 Å². The molecule has 0 saturated heterocycles. The van der Waals surface area contributed by atoms with Crippen molar-refractivity contribution in [2.24, 2.45) is 0 Å². The number of hydrogen-bond donors (Lipinski definition) is 2. The maximum Gasteiger partial charge on any atom is 0.417 e. The summed E-state index contributed by atoms with van der Waals surface area (Å²) in [7, 11) is 0. The molecule has 1 aromatic carbocycles. The molecule has 0 bridgehead atoms. The summed E-state index contributed by atoms with van der Waals surface area (Å²) in [5.41, 5.74) is -0.793. The zero-order valence-corrected chi connectivity index (χ0v) is 16.3. The maximum atomic E-state index is 12.8. The van der Waals surface area contributed by atoms with Crippen molar-refractivity contribution in [3.05, 3.63) is 74.1 Å². The Balaban J connectivity index is 1.87. The second-order valence-corrected chi connectivity index (χ2v) is 6.68. The Morgan fingerprint density at radius 2 is 1.70 bits per heavy atom. The summed E-state index contributed by atoms with van der Waals surface area (Å²) >= 11 is 11.7. The highest BCUT2D eigenvalue weighted by atomic mass is 35.5. The van der Waals surface area contributed by atoms with E-state index in [-0.39, 0.29) is 29.0 Å². The van der Waals surface area contributed by atoms with Gasteiger partial charge in [0.1, 0.15) is 6.33 Å². The molecule has 156 valence electrons. The number of pyridine rings is 1. The second kappa shape index (κ2) is 8.67. The molecule has 3 rings (SSSR count). The second-order valence-electron chi connectivity index (χ2n) is 5.83. The zero-order chi connectivity index (χ0) is 21.9. The third-order valence-corrected chi connectivity index (χ3v) is 4.32. The van der Waals surface area contributed by atoms with Crippen molar-refractivity contribution in [1.29, 1.82) is 0 Å². The van der Waals surface area contributed by atoms with Gasteiger partial charge in [-0.2, -0.15) is 13.2 Å². The van der Waals surface area contributed by atoms with Gasteiger partial charge in [0.05, 0.1) is 15.5 Å². The van der Waals surface area contributed by atoms with E-state index >= 15 is 0 Å².